The molecule has 3 rings (SSSR count). The van der Waals surface area contributed by atoms with Gasteiger partial charge in [-0.15, -0.1) is 0 Å². The summed E-state index contributed by atoms with van der Waals surface area (Å²) in [4.78, 5) is 39.5. The first-order valence-electron chi connectivity index (χ1n) is 10.5. The molecule has 2 aromatic heterocycles. The number of imidazole rings is 1. The van der Waals surface area contributed by atoms with Crippen molar-refractivity contribution in [3.8, 4) is 17.2 Å². The van der Waals surface area contributed by atoms with E-state index in [0.717, 1.165) is 10.6 Å². The Balaban J connectivity index is 2.05. The summed E-state index contributed by atoms with van der Waals surface area (Å²) in [7, 11) is 5.80. The Kier molecular flexibility index (Phi) is 8.83. The molecule has 1 unspecified atom stereocenters. The first kappa shape index (κ1) is 27.6. The maximum atomic E-state index is 13.4. The fraction of sp³-hybridized carbons (Fsp3) is 0.318. The number of alkyl halides is 2. The van der Waals surface area contributed by atoms with E-state index in [9.17, 15) is 22.9 Å². The molecule has 1 amide bonds. The van der Waals surface area contributed by atoms with Gasteiger partial charge in [-0.25, -0.2) is 4.79 Å². The first-order chi connectivity index (χ1) is 17.6. The van der Waals surface area contributed by atoms with Crippen LogP contribution in [0.5, 0.6) is 17.2 Å². The van der Waals surface area contributed by atoms with Gasteiger partial charge in [0.1, 0.15) is 17.2 Å². The smallest absolute Gasteiger partial charge is 0.449 e. The van der Waals surface area contributed by atoms with Gasteiger partial charge < -0.3 is 23.7 Å². The third kappa shape index (κ3) is 6.24. The Morgan fingerprint density at radius 2 is 1.95 bits per heavy atom. The van der Waals surface area contributed by atoms with Gasteiger partial charge in [0.25, 0.3) is 5.91 Å². The van der Waals surface area contributed by atoms with Crippen LogP contribution in [-0.2, 0) is 26.6 Å². The fourth-order valence-electron chi connectivity index (χ4n) is 3.20. The van der Waals surface area contributed by atoms with E-state index in [1.165, 1.54) is 58.5 Å². The lowest BCUT2D eigenvalue weighted by molar-refractivity contribution is -0.121. The summed E-state index contributed by atoms with van der Waals surface area (Å²) in [5.41, 5.74) is 0.226. The Labute approximate surface area is 212 Å². The van der Waals surface area contributed by atoms with Crippen LogP contribution in [0.2, 0.25) is 0 Å². The standard InChI is InChI=1S/C22H23F2N5O7S/c1-12(19(30)28(2)3)27-36-22(31)29-16-7-6-13(35-20(23)24)10-14(16)26-21(29)37(32)11-15-18(34-5)17(33-4)8-9-25-15/h6-10,20H,11H2,1-5H3/b27-12+. The van der Waals surface area contributed by atoms with Gasteiger partial charge in [0.05, 0.1) is 25.3 Å². The number of hydrogen-bond donors (Lipinski definition) is 0. The fourth-order valence-corrected chi connectivity index (χ4v) is 4.36. The average Bonchev–Trinajstić information content (AvgIpc) is 3.24. The van der Waals surface area contributed by atoms with Crippen LogP contribution in [0.4, 0.5) is 13.6 Å². The summed E-state index contributed by atoms with van der Waals surface area (Å²) in [6.45, 7) is -1.74. The Bertz CT molecular complexity index is 1330. The van der Waals surface area contributed by atoms with Crippen molar-refractivity contribution >= 4 is 39.9 Å². The second kappa shape index (κ2) is 11.8. The number of carbonyl (C=O) groups is 2. The zero-order valence-electron chi connectivity index (χ0n) is 20.4. The van der Waals surface area contributed by atoms with Crippen LogP contribution >= 0.6 is 0 Å². The molecule has 0 bridgehead atoms. The van der Waals surface area contributed by atoms with E-state index in [0.29, 0.717) is 5.75 Å². The van der Waals surface area contributed by atoms with E-state index < -0.39 is 29.8 Å². The minimum absolute atomic E-state index is 0.0223. The SMILES string of the molecule is COc1ccnc(C[S+]([O-])c2nc3cc(OC(F)F)ccc3n2C(=O)O/N=C(\C)C(=O)N(C)C)c1OC. The van der Waals surface area contributed by atoms with E-state index >= 15 is 0 Å². The molecule has 37 heavy (non-hydrogen) atoms. The molecule has 0 N–H and O–H groups in total. The van der Waals surface area contributed by atoms with Crippen molar-refractivity contribution in [2.24, 2.45) is 5.16 Å². The van der Waals surface area contributed by atoms with Gasteiger partial charge in [0.15, 0.2) is 17.3 Å². The second-order valence-corrected chi connectivity index (χ2v) is 8.82. The van der Waals surface area contributed by atoms with Crippen LogP contribution in [0.15, 0.2) is 40.8 Å². The summed E-state index contributed by atoms with van der Waals surface area (Å²) in [6, 6.07) is 5.16. The highest BCUT2D eigenvalue weighted by Crippen LogP contribution is 2.32. The molecular formula is C22H23F2N5O7S. The minimum Gasteiger partial charge on any atom is -0.609 e. The Morgan fingerprint density at radius 3 is 2.57 bits per heavy atom. The van der Waals surface area contributed by atoms with Crippen LogP contribution in [-0.4, -0.2) is 76.6 Å². The van der Waals surface area contributed by atoms with E-state index in [-0.39, 0.29) is 44.8 Å². The summed E-state index contributed by atoms with van der Waals surface area (Å²) in [5.74, 6) is -0.393. The van der Waals surface area contributed by atoms with Gasteiger partial charge in [0.2, 0.25) is 0 Å². The third-order valence-electron chi connectivity index (χ3n) is 4.82. The predicted molar refractivity (Wildman–Crippen MR) is 128 cm³/mol. The van der Waals surface area contributed by atoms with Crippen LogP contribution in [0.3, 0.4) is 0 Å². The van der Waals surface area contributed by atoms with Crippen molar-refractivity contribution in [3.05, 3.63) is 36.2 Å². The van der Waals surface area contributed by atoms with E-state index in [2.05, 4.69) is 19.9 Å². The minimum atomic E-state index is -3.09. The van der Waals surface area contributed by atoms with Crippen LogP contribution in [0.1, 0.15) is 12.6 Å². The summed E-state index contributed by atoms with van der Waals surface area (Å²) >= 11 is -2.03. The topological polar surface area (TPSA) is 140 Å². The van der Waals surface area contributed by atoms with Crippen LogP contribution < -0.4 is 14.2 Å². The number of methoxy groups -OCH3 is 2. The number of oxime groups is 1. The number of ether oxygens (including phenoxy) is 3. The number of fused-ring (bicyclic) bond motifs is 1. The maximum Gasteiger partial charge on any atom is 0.449 e. The van der Waals surface area contributed by atoms with E-state index in [1.54, 1.807) is 6.07 Å². The number of halogens is 2. The van der Waals surface area contributed by atoms with Crippen molar-refractivity contribution in [2.75, 3.05) is 28.3 Å². The second-order valence-electron chi connectivity index (χ2n) is 7.48. The molecule has 1 atom stereocenters. The molecule has 1 aromatic carbocycles. The normalized spacial score (nSPS) is 12.4. The number of benzene rings is 1. The highest BCUT2D eigenvalue weighted by molar-refractivity contribution is 7.90. The van der Waals surface area contributed by atoms with Crippen molar-refractivity contribution in [3.63, 3.8) is 0 Å². The molecule has 0 aliphatic carbocycles. The van der Waals surface area contributed by atoms with Crippen LogP contribution in [0.25, 0.3) is 11.0 Å². The zero-order chi connectivity index (χ0) is 27.3. The molecule has 0 aliphatic rings. The van der Waals surface area contributed by atoms with Gasteiger partial charge in [-0.2, -0.15) is 18.3 Å². The Hall–Kier alpha value is -3.98. The van der Waals surface area contributed by atoms with E-state index in [4.69, 9.17) is 14.3 Å². The number of carbonyl (C=O) groups excluding carboxylic acids is 2. The summed E-state index contributed by atoms with van der Waals surface area (Å²) in [6.07, 6.45) is 0.295. The number of hydrogen-bond acceptors (Lipinski definition) is 10. The molecule has 2 heterocycles. The average molecular weight is 540 g/mol. The maximum absolute atomic E-state index is 13.4. The molecule has 0 spiro atoms. The highest BCUT2D eigenvalue weighted by Gasteiger charge is 2.30. The number of nitrogens with zero attached hydrogens (tertiary/aromatic N) is 5. The number of pyridine rings is 1. The van der Waals surface area contributed by atoms with E-state index in [1.807, 2.05) is 0 Å². The largest absolute Gasteiger partial charge is 0.609 e. The lowest BCUT2D eigenvalue weighted by Crippen LogP contribution is -2.28. The Morgan fingerprint density at radius 1 is 1.22 bits per heavy atom. The van der Waals surface area contributed by atoms with Crippen molar-refractivity contribution < 1.29 is 42.0 Å². The third-order valence-corrected chi connectivity index (χ3v) is 6.03. The van der Waals surface area contributed by atoms with Gasteiger partial charge in [-0.1, -0.05) is 5.16 Å². The molecule has 0 fully saturated rings. The molecule has 198 valence electrons. The highest BCUT2D eigenvalue weighted by atomic mass is 32.2. The molecule has 0 saturated heterocycles. The quantitative estimate of drug-likeness (QED) is 0.174. The van der Waals surface area contributed by atoms with Gasteiger partial charge in [-0.05, 0) is 19.1 Å². The van der Waals surface area contributed by atoms with Crippen molar-refractivity contribution in [2.45, 2.75) is 24.4 Å². The first-order valence-corrected chi connectivity index (χ1v) is 11.8. The van der Waals surface area contributed by atoms with Crippen molar-refractivity contribution in [1.82, 2.24) is 19.4 Å². The molecular weight excluding hydrogens is 516 g/mol. The lowest BCUT2D eigenvalue weighted by Gasteiger charge is -2.14. The monoisotopic (exact) mass is 539 g/mol. The van der Waals surface area contributed by atoms with Gasteiger partial charge in [0, 0.05) is 43.6 Å². The molecule has 3 aromatic rings. The number of rotatable bonds is 9. The van der Waals surface area contributed by atoms with Crippen molar-refractivity contribution in [1.29, 1.82) is 0 Å². The van der Waals surface area contributed by atoms with Gasteiger partial charge in [-0.3, -0.25) is 14.6 Å². The lowest BCUT2D eigenvalue weighted by atomic mass is 10.3. The number of aromatic nitrogens is 3. The predicted octanol–water partition coefficient (Wildman–Crippen LogP) is 2.81. The molecule has 15 heteroatoms. The molecule has 12 nitrogen and oxygen atoms in total. The molecule has 0 saturated carbocycles. The summed E-state index contributed by atoms with van der Waals surface area (Å²) in [5, 5.41) is 3.27. The van der Waals surface area contributed by atoms with Gasteiger partial charge >= 0.3 is 17.9 Å². The number of amides is 1. The molecule has 0 aliphatic heterocycles. The zero-order valence-corrected chi connectivity index (χ0v) is 21.2. The summed E-state index contributed by atoms with van der Waals surface area (Å²) < 4.78 is 54.6. The molecule has 0 radical (unpaired) electrons. The van der Waals surface area contributed by atoms with Crippen LogP contribution in [0, 0.1) is 0 Å².